The maximum absolute atomic E-state index is 13.0. The molecule has 0 radical (unpaired) electrons. The molecule has 3 heterocycles. The molecule has 0 unspecified atom stereocenters. The molecule has 1 aromatic heterocycles. The summed E-state index contributed by atoms with van der Waals surface area (Å²) < 4.78 is 5.80. The van der Waals surface area contributed by atoms with E-state index in [0.717, 1.165) is 33.8 Å². The summed E-state index contributed by atoms with van der Waals surface area (Å²) in [7, 11) is 0. The van der Waals surface area contributed by atoms with Gasteiger partial charge in [0.2, 0.25) is 0 Å². The van der Waals surface area contributed by atoms with Gasteiger partial charge >= 0.3 is 0 Å². The molecule has 0 spiro atoms. The Morgan fingerprint density at radius 1 is 1.38 bits per heavy atom. The summed E-state index contributed by atoms with van der Waals surface area (Å²) in [4.78, 5) is 14.9. The van der Waals surface area contributed by atoms with Crippen molar-refractivity contribution in [1.29, 1.82) is 0 Å². The number of fused-ring (bicyclic) bond motifs is 2. The third kappa shape index (κ3) is 2.52. The van der Waals surface area contributed by atoms with Crippen LogP contribution in [0.15, 0.2) is 18.2 Å². The van der Waals surface area contributed by atoms with Crippen molar-refractivity contribution in [3.05, 3.63) is 51.3 Å². The molecule has 0 saturated carbocycles. The molecule has 4 rings (SSSR count). The lowest BCUT2D eigenvalue weighted by atomic mass is 9.97. The lowest BCUT2D eigenvalue weighted by molar-refractivity contribution is -0.00702. The average molecular weight is 346 g/mol. The Hall–Kier alpha value is -1.85. The van der Waals surface area contributed by atoms with Crippen molar-refractivity contribution >= 4 is 17.5 Å². The minimum Gasteiger partial charge on any atom is -0.369 e. The Morgan fingerprint density at radius 2 is 2.21 bits per heavy atom. The average Bonchev–Trinajstić information content (AvgIpc) is 2.98. The third-order valence-electron chi connectivity index (χ3n) is 4.93. The summed E-state index contributed by atoms with van der Waals surface area (Å²) in [6.45, 7) is 5.26. The van der Waals surface area contributed by atoms with E-state index in [-0.39, 0.29) is 18.1 Å². The van der Waals surface area contributed by atoms with Crippen molar-refractivity contribution in [3.63, 3.8) is 0 Å². The van der Waals surface area contributed by atoms with Gasteiger partial charge in [-0.15, -0.1) is 0 Å². The Bertz CT molecular complexity index is 802. The van der Waals surface area contributed by atoms with Crippen LogP contribution in [0, 0.1) is 0 Å². The van der Waals surface area contributed by atoms with Crippen molar-refractivity contribution in [3.8, 4) is 0 Å². The maximum Gasteiger partial charge on any atom is 0.274 e. The zero-order valence-electron chi connectivity index (χ0n) is 13.8. The summed E-state index contributed by atoms with van der Waals surface area (Å²) in [5.74, 6) is -0.0144. The van der Waals surface area contributed by atoms with Gasteiger partial charge in [-0.05, 0) is 37.5 Å². The monoisotopic (exact) mass is 345 g/mol. The highest BCUT2D eigenvalue weighted by Crippen LogP contribution is 2.32. The van der Waals surface area contributed by atoms with E-state index in [2.05, 4.69) is 10.2 Å². The highest BCUT2D eigenvalue weighted by atomic mass is 35.5. The maximum atomic E-state index is 13.0. The van der Waals surface area contributed by atoms with Gasteiger partial charge < -0.3 is 9.64 Å². The Kier molecular flexibility index (Phi) is 3.85. The number of carbonyl (C=O) groups excluding carboxylic acids is 1. The summed E-state index contributed by atoms with van der Waals surface area (Å²) in [6, 6.07) is 5.88. The SMILES string of the molecule is C[C@@H]1Cc2c(C(=O)N3CCc4c(Cl)cccc4C3)n[nH]c2[C@H](C)O1. The zero-order chi connectivity index (χ0) is 16.8. The van der Waals surface area contributed by atoms with Crippen LogP contribution in [-0.4, -0.2) is 33.7 Å². The number of halogens is 1. The van der Waals surface area contributed by atoms with Gasteiger partial charge in [-0.3, -0.25) is 9.89 Å². The number of H-pyrrole nitrogens is 1. The van der Waals surface area contributed by atoms with E-state index in [0.29, 0.717) is 25.2 Å². The number of ether oxygens (including phenoxy) is 1. The van der Waals surface area contributed by atoms with Crippen molar-refractivity contribution in [1.82, 2.24) is 15.1 Å². The van der Waals surface area contributed by atoms with Crippen LogP contribution >= 0.6 is 11.6 Å². The molecule has 5 nitrogen and oxygen atoms in total. The fourth-order valence-electron chi connectivity index (χ4n) is 3.74. The topological polar surface area (TPSA) is 58.2 Å². The van der Waals surface area contributed by atoms with E-state index < -0.39 is 0 Å². The molecule has 0 bridgehead atoms. The lowest BCUT2D eigenvalue weighted by Gasteiger charge is -2.30. The zero-order valence-corrected chi connectivity index (χ0v) is 14.6. The van der Waals surface area contributed by atoms with Crippen molar-refractivity contribution in [2.75, 3.05) is 6.54 Å². The van der Waals surface area contributed by atoms with Crippen LogP contribution < -0.4 is 0 Å². The van der Waals surface area contributed by atoms with Crippen LogP contribution in [0.1, 0.15) is 52.8 Å². The van der Waals surface area contributed by atoms with Crippen LogP contribution in [0.25, 0.3) is 0 Å². The predicted molar refractivity (Wildman–Crippen MR) is 91.2 cm³/mol. The molecule has 2 atom stereocenters. The summed E-state index contributed by atoms with van der Waals surface area (Å²) in [5.41, 5.74) is 4.75. The number of hydrogen-bond donors (Lipinski definition) is 1. The van der Waals surface area contributed by atoms with Crippen LogP contribution in [0.2, 0.25) is 5.02 Å². The van der Waals surface area contributed by atoms with E-state index in [4.69, 9.17) is 16.3 Å². The van der Waals surface area contributed by atoms with Crippen molar-refractivity contribution in [2.45, 2.75) is 45.4 Å². The largest absolute Gasteiger partial charge is 0.369 e. The quantitative estimate of drug-likeness (QED) is 0.862. The Balaban J connectivity index is 1.62. The number of amides is 1. The van der Waals surface area contributed by atoms with E-state index in [1.165, 1.54) is 0 Å². The number of hydrogen-bond acceptors (Lipinski definition) is 3. The molecule has 6 heteroatoms. The van der Waals surface area contributed by atoms with E-state index in [1.807, 2.05) is 36.9 Å². The van der Waals surface area contributed by atoms with Gasteiger partial charge in [-0.2, -0.15) is 5.10 Å². The minimum absolute atomic E-state index is 0.0144. The molecule has 1 N–H and O–H groups in total. The summed E-state index contributed by atoms with van der Waals surface area (Å²) >= 11 is 6.26. The van der Waals surface area contributed by atoms with Gasteiger partial charge in [0, 0.05) is 30.1 Å². The van der Waals surface area contributed by atoms with Crippen LogP contribution in [0.5, 0.6) is 0 Å². The second-order valence-corrected chi connectivity index (χ2v) is 7.02. The van der Waals surface area contributed by atoms with Crippen molar-refractivity contribution < 1.29 is 9.53 Å². The molecule has 2 aromatic rings. The van der Waals surface area contributed by atoms with Gasteiger partial charge in [0.25, 0.3) is 5.91 Å². The molecule has 1 aromatic carbocycles. The van der Waals surface area contributed by atoms with Gasteiger partial charge in [-0.25, -0.2) is 0 Å². The number of aromatic amines is 1. The lowest BCUT2D eigenvalue weighted by Crippen LogP contribution is -2.37. The third-order valence-corrected chi connectivity index (χ3v) is 5.29. The number of benzene rings is 1. The summed E-state index contributed by atoms with van der Waals surface area (Å²) in [5, 5.41) is 8.10. The minimum atomic E-state index is -0.0568. The molecular weight excluding hydrogens is 326 g/mol. The highest BCUT2D eigenvalue weighted by Gasteiger charge is 2.32. The first-order valence-electron chi connectivity index (χ1n) is 8.32. The fourth-order valence-corrected chi connectivity index (χ4v) is 4.03. The van der Waals surface area contributed by atoms with E-state index in [9.17, 15) is 4.79 Å². The molecule has 24 heavy (non-hydrogen) atoms. The van der Waals surface area contributed by atoms with Crippen LogP contribution in [0.4, 0.5) is 0 Å². The van der Waals surface area contributed by atoms with Gasteiger partial charge in [-0.1, -0.05) is 23.7 Å². The number of aromatic nitrogens is 2. The smallest absolute Gasteiger partial charge is 0.274 e. The van der Waals surface area contributed by atoms with E-state index >= 15 is 0 Å². The Morgan fingerprint density at radius 3 is 3.04 bits per heavy atom. The first kappa shape index (κ1) is 15.7. The molecule has 2 aliphatic rings. The second-order valence-electron chi connectivity index (χ2n) is 6.61. The first-order chi connectivity index (χ1) is 11.5. The molecule has 0 aliphatic carbocycles. The Labute approximate surface area is 145 Å². The van der Waals surface area contributed by atoms with E-state index in [1.54, 1.807) is 0 Å². The van der Waals surface area contributed by atoms with Crippen LogP contribution in [-0.2, 0) is 24.1 Å². The number of nitrogens with zero attached hydrogens (tertiary/aromatic N) is 2. The molecule has 126 valence electrons. The first-order valence-corrected chi connectivity index (χ1v) is 8.70. The normalized spacial score (nSPS) is 22.9. The van der Waals surface area contributed by atoms with Gasteiger partial charge in [0.1, 0.15) is 0 Å². The molecule has 2 aliphatic heterocycles. The molecule has 0 fully saturated rings. The van der Waals surface area contributed by atoms with Crippen molar-refractivity contribution in [2.24, 2.45) is 0 Å². The van der Waals surface area contributed by atoms with Gasteiger partial charge in [0.05, 0.1) is 17.9 Å². The summed E-state index contributed by atoms with van der Waals surface area (Å²) in [6.07, 6.45) is 1.53. The molecular formula is C18H20ClN3O2. The number of rotatable bonds is 1. The molecule has 0 saturated heterocycles. The highest BCUT2D eigenvalue weighted by molar-refractivity contribution is 6.31. The second kappa shape index (κ2) is 5.90. The van der Waals surface area contributed by atoms with Crippen LogP contribution in [0.3, 0.4) is 0 Å². The standard InChI is InChI=1S/C18H20ClN3O2/c1-10-8-14-16(11(2)24-10)20-21-17(14)18(23)22-7-6-13-12(9-22)4-3-5-15(13)19/h3-5,10-11H,6-9H2,1-2H3,(H,20,21)/t10-,11+/m1/s1. The number of carbonyl (C=O) groups is 1. The number of nitrogens with one attached hydrogen (secondary N) is 1. The predicted octanol–water partition coefficient (Wildman–Crippen LogP) is 3.28. The van der Waals surface area contributed by atoms with Gasteiger partial charge in [0.15, 0.2) is 5.69 Å². The molecule has 1 amide bonds. The fraction of sp³-hybridized carbons (Fsp3) is 0.444.